The molecular weight excluding hydrogens is 819 g/mol. The maximum Gasteiger partial charge on any atom is 0.407 e. The zero-order valence-corrected chi connectivity index (χ0v) is 37.9. The van der Waals surface area contributed by atoms with Crippen molar-refractivity contribution in [3.8, 4) is 28.1 Å². The minimum Gasteiger partial charge on any atom is -0.488 e. The number of carbonyl (C=O) groups excluding carboxylic acids is 4. The average molecular weight is 878 g/mol. The molecule has 8 atom stereocenters. The van der Waals surface area contributed by atoms with Gasteiger partial charge in [0.25, 0.3) is 0 Å². The van der Waals surface area contributed by atoms with Crippen LogP contribution < -0.4 is 15.4 Å². The number of aromatic nitrogens is 2. The van der Waals surface area contributed by atoms with Gasteiger partial charge in [-0.25, -0.2) is 14.6 Å². The summed E-state index contributed by atoms with van der Waals surface area (Å²) in [6, 6.07) is 12.6. The normalized spacial score (nSPS) is 21.8. The first-order chi connectivity index (χ1) is 30.9. The summed E-state index contributed by atoms with van der Waals surface area (Å²) in [4.78, 5) is 69.9. The summed E-state index contributed by atoms with van der Waals surface area (Å²) in [5.74, 6) is 1.12. The number of ether oxygens (including phenoxy) is 5. The van der Waals surface area contributed by atoms with E-state index in [2.05, 4.69) is 52.0 Å². The summed E-state index contributed by atoms with van der Waals surface area (Å²) in [6.07, 6.45) is 3.44. The Balaban J connectivity index is 1.02. The molecule has 1 aromatic heterocycles. The van der Waals surface area contributed by atoms with E-state index in [0.29, 0.717) is 38.4 Å². The SMILES string of the molecule is CC[C@H](C)C(NC(=O)OC)C(=O)N1[C@@H](C)CC[C@H]1c1ncc(-c2ccc3c(c2)COc2cc4c5c(ccc4cc2-3)N=C([C@@H]2C[C@H](COC)CN2C(=O)C(NC(=O)OC)[C@@H](C)OC)C5)[nH]1. The lowest BCUT2D eigenvalue weighted by Gasteiger charge is -2.33. The van der Waals surface area contributed by atoms with Crippen LogP contribution in [0.3, 0.4) is 0 Å². The van der Waals surface area contributed by atoms with E-state index in [0.717, 1.165) is 80.7 Å². The number of rotatable bonds is 13. The third-order valence-corrected chi connectivity index (χ3v) is 13.7. The van der Waals surface area contributed by atoms with Crippen LogP contribution >= 0.6 is 0 Å². The summed E-state index contributed by atoms with van der Waals surface area (Å²) < 4.78 is 27.2. The van der Waals surface area contributed by atoms with Gasteiger partial charge in [0, 0.05) is 50.4 Å². The molecule has 5 heterocycles. The number of nitrogens with one attached hydrogen (secondary N) is 3. The number of hydrogen-bond acceptors (Lipinski definition) is 11. The molecule has 64 heavy (non-hydrogen) atoms. The van der Waals surface area contributed by atoms with Crippen molar-refractivity contribution in [3.05, 3.63) is 65.6 Å². The fourth-order valence-electron chi connectivity index (χ4n) is 9.92. The molecule has 0 aliphatic carbocycles. The highest BCUT2D eigenvalue weighted by atomic mass is 16.5. The van der Waals surface area contributed by atoms with Crippen LogP contribution in [0, 0.1) is 11.8 Å². The first-order valence-corrected chi connectivity index (χ1v) is 22.2. The van der Waals surface area contributed by atoms with Crippen LogP contribution in [0.4, 0.5) is 15.3 Å². The highest BCUT2D eigenvalue weighted by Gasteiger charge is 2.44. The van der Waals surface area contributed by atoms with Crippen molar-refractivity contribution in [1.29, 1.82) is 0 Å². The Labute approximate surface area is 373 Å². The number of amides is 4. The number of aliphatic imine (C=N–C) groups is 1. The third-order valence-electron chi connectivity index (χ3n) is 13.7. The number of methoxy groups -OCH3 is 4. The van der Waals surface area contributed by atoms with Crippen LogP contribution in [0.5, 0.6) is 5.75 Å². The summed E-state index contributed by atoms with van der Waals surface area (Å²) in [5.41, 5.74) is 7.77. The molecule has 4 aromatic rings. The van der Waals surface area contributed by atoms with Gasteiger partial charge < -0.3 is 49.1 Å². The van der Waals surface area contributed by atoms with E-state index in [1.54, 1.807) is 14.0 Å². The molecule has 3 aromatic carbocycles. The highest BCUT2D eigenvalue weighted by Crippen LogP contribution is 2.45. The topological polar surface area (TPSA) is 186 Å². The Kier molecular flexibility index (Phi) is 13.0. The molecule has 2 fully saturated rings. The van der Waals surface area contributed by atoms with Crippen molar-refractivity contribution < 1.29 is 42.9 Å². The third kappa shape index (κ3) is 8.40. The zero-order valence-electron chi connectivity index (χ0n) is 37.9. The maximum atomic E-state index is 14.2. The number of hydrogen-bond donors (Lipinski definition) is 3. The minimum atomic E-state index is -0.943. The minimum absolute atomic E-state index is 0.0200. The monoisotopic (exact) mass is 877 g/mol. The second-order valence-corrected chi connectivity index (χ2v) is 17.6. The van der Waals surface area contributed by atoms with Crippen molar-refractivity contribution in [2.75, 3.05) is 41.6 Å². The fourth-order valence-corrected chi connectivity index (χ4v) is 9.92. The van der Waals surface area contributed by atoms with E-state index in [-0.39, 0.29) is 41.8 Å². The van der Waals surface area contributed by atoms with Crippen molar-refractivity contribution >= 4 is 46.2 Å². The molecule has 8 rings (SSSR count). The number of imidazole rings is 1. The Bertz CT molecular complexity index is 2470. The molecule has 4 aliphatic heterocycles. The summed E-state index contributed by atoms with van der Waals surface area (Å²) >= 11 is 0. The predicted molar refractivity (Wildman–Crippen MR) is 240 cm³/mol. The molecule has 0 radical (unpaired) electrons. The van der Waals surface area contributed by atoms with Crippen molar-refractivity contribution in [3.63, 3.8) is 0 Å². The number of H-pyrrole nitrogens is 1. The molecule has 340 valence electrons. The molecule has 0 saturated carbocycles. The van der Waals surface area contributed by atoms with Crippen LogP contribution in [-0.4, -0.2) is 121 Å². The lowest BCUT2D eigenvalue weighted by molar-refractivity contribution is -0.138. The van der Waals surface area contributed by atoms with Gasteiger partial charge in [0.15, 0.2) is 0 Å². The van der Waals surface area contributed by atoms with Gasteiger partial charge in [-0.1, -0.05) is 38.5 Å². The van der Waals surface area contributed by atoms with Gasteiger partial charge in [0.2, 0.25) is 11.8 Å². The highest BCUT2D eigenvalue weighted by molar-refractivity contribution is 6.06. The molecule has 16 heteroatoms. The number of fused-ring (bicyclic) bond motifs is 6. The van der Waals surface area contributed by atoms with E-state index in [4.69, 9.17) is 33.7 Å². The number of benzene rings is 3. The van der Waals surface area contributed by atoms with E-state index in [1.165, 1.54) is 21.3 Å². The molecule has 16 nitrogen and oxygen atoms in total. The lowest BCUT2D eigenvalue weighted by Crippen LogP contribution is -2.56. The van der Waals surface area contributed by atoms with Crippen molar-refractivity contribution in [1.82, 2.24) is 30.4 Å². The van der Waals surface area contributed by atoms with Crippen molar-refractivity contribution in [2.24, 2.45) is 16.8 Å². The second kappa shape index (κ2) is 18.6. The predicted octanol–water partition coefficient (Wildman–Crippen LogP) is 6.86. The smallest absolute Gasteiger partial charge is 0.407 e. The lowest BCUT2D eigenvalue weighted by atomic mass is 9.90. The van der Waals surface area contributed by atoms with E-state index in [1.807, 2.05) is 42.8 Å². The average Bonchev–Trinajstić information content (AvgIpc) is 4.14. The molecule has 0 bridgehead atoms. The first kappa shape index (κ1) is 44.6. The van der Waals surface area contributed by atoms with Crippen LogP contribution in [0.2, 0.25) is 0 Å². The van der Waals surface area contributed by atoms with Gasteiger partial charge in [-0.3, -0.25) is 14.6 Å². The Hall–Kier alpha value is -6.00. The summed E-state index contributed by atoms with van der Waals surface area (Å²) in [5, 5.41) is 7.56. The number of carbonyl (C=O) groups is 4. The van der Waals surface area contributed by atoms with Gasteiger partial charge >= 0.3 is 12.2 Å². The summed E-state index contributed by atoms with van der Waals surface area (Å²) in [7, 11) is 5.74. The Morgan fingerprint density at radius 3 is 2.41 bits per heavy atom. The zero-order chi connectivity index (χ0) is 45.4. The molecule has 3 N–H and O–H groups in total. The van der Waals surface area contributed by atoms with Crippen LogP contribution in [-0.2, 0) is 41.6 Å². The van der Waals surface area contributed by atoms with Crippen LogP contribution in [0.15, 0.2) is 53.7 Å². The van der Waals surface area contributed by atoms with Gasteiger partial charge in [-0.15, -0.1) is 0 Å². The molecule has 2 unspecified atom stereocenters. The molecule has 0 spiro atoms. The largest absolute Gasteiger partial charge is 0.488 e. The van der Waals surface area contributed by atoms with Gasteiger partial charge in [0.05, 0.1) is 56.6 Å². The van der Waals surface area contributed by atoms with Crippen LogP contribution in [0.1, 0.15) is 76.4 Å². The number of aromatic amines is 1. The van der Waals surface area contributed by atoms with Gasteiger partial charge in [-0.05, 0) is 96.3 Å². The van der Waals surface area contributed by atoms with E-state index < -0.39 is 30.4 Å². The quantitative estimate of drug-likeness (QED) is 0.128. The number of likely N-dealkylation sites (tertiary alicyclic amines) is 2. The number of nitrogens with zero attached hydrogens (tertiary/aromatic N) is 4. The number of alkyl carbamates (subject to hydrolysis) is 2. The summed E-state index contributed by atoms with van der Waals surface area (Å²) in [6.45, 7) is 9.08. The maximum absolute atomic E-state index is 14.2. The standard InChI is InChI=1S/C48H59N7O9/c1-9-25(2)42(52-47(58)62-7)46(57)55-26(3)10-15-39(55)44-49-21-38(51-44)30-11-13-32-31(17-30)24-64-41-20-33-29(18-35(32)41)12-14-36-34(33)19-37(50-36)40-16-28(23-60-5)22-54(40)45(56)43(27(4)61-6)53-48(59)63-8/h11-14,17-18,20-21,25-28,39-40,42-43H,9-10,15-16,19,22-24H2,1-8H3,(H,49,51)(H,52,58)(H,53,59)/t25-,26-,27+,28-,39-,40-,42?,43?/m0/s1. The van der Waals surface area contributed by atoms with Crippen LogP contribution in [0.25, 0.3) is 33.2 Å². The van der Waals surface area contributed by atoms with Gasteiger partial charge in [-0.2, -0.15) is 0 Å². The second-order valence-electron chi connectivity index (χ2n) is 17.6. The van der Waals surface area contributed by atoms with Gasteiger partial charge in [0.1, 0.15) is 30.3 Å². The van der Waals surface area contributed by atoms with E-state index >= 15 is 0 Å². The Morgan fingerprint density at radius 1 is 0.922 bits per heavy atom. The Morgan fingerprint density at radius 2 is 1.69 bits per heavy atom. The van der Waals surface area contributed by atoms with Crippen molar-refractivity contribution in [2.45, 2.75) is 103 Å². The fraction of sp³-hybridized carbons (Fsp3) is 0.500. The molecule has 2 saturated heterocycles. The first-order valence-electron chi connectivity index (χ1n) is 22.2. The van der Waals surface area contributed by atoms with E-state index in [9.17, 15) is 19.2 Å². The molecule has 4 amide bonds. The molecule has 4 aliphatic rings. The molecular formula is C48H59N7O9.